The number of hydrogen-bond donors (Lipinski definition) is 1. The van der Waals surface area contributed by atoms with Crippen LogP contribution < -0.4 is 5.32 Å². The van der Waals surface area contributed by atoms with E-state index >= 15 is 0 Å². The Labute approximate surface area is 160 Å². The molecule has 1 N–H and O–H groups in total. The molecule has 0 saturated heterocycles. The Kier molecular flexibility index (Phi) is 6.72. The van der Waals surface area contributed by atoms with Gasteiger partial charge in [0.15, 0.2) is 0 Å². The number of fused-ring (bicyclic) bond motifs is 1. The van der Waals surface area contributed by atoms with Crippen LogP contribution in [0.15, 0.2) is 73.1 Å². The quantitative estimate of drug-likeness (QED) is 0.669. The Hall–Kier alpha value is -2.98. The van der Waals surface area contributed by atoms with Gasteiger partial charge in [0.2, 0.25) is 5.91 Å². The first-order chi connectivity index (χ1) is 13.2. The van der Waals surface area contributed by atoms with Crippen molar-refractivity contribution in [1.82, 2.24) is 15.2 Å². The lowest BCUT2D eigenvalue weighted by atomic mass is 10.1. The molecule has 4 heteroatoms. The lowest BCUT2D eigenvalue weighted by Crippen LogP contribution is -2.33. The highest BCUT2D eigenvalue weighted by Gasteiger charge is 2.04. The second kappa shape index (κ2) is 9.64. The molecular weight excluding hydrogens is 334 g/mol. The van der Waals surface area contributed by atoms with E-state index in [9.17, 15) is 4.79 Å². The van der Waals surface area contributed by atoms with E-state index in [-0.39, 0.29) is 5.91 Å². The second-order valence-electron chi connectivity index (χ2n) is 6.66. The number of nitrogens with zero attached hydrogens (tertiary/aromatic N) is 2. The third kappa shape index (κ3) is 6.04. The summed E-state index contributed by atoms with van der Waals surface area (Å²) in [6.07, 6.45) is 8.26. The molecule has 0 saturated carbocycles. The molecule has 3 aromatic rings. The molecule has 4 nitrogen and oxygen atoms in total. The van der Waals surface area contributed by atoms with Crippen LogP contribution in [0.25, 0.3) is 16.8 Å². The highest BCUT2D eigenvalue weighted by atomic mass is 16.1. The smallest absolute Gasteiger partial charge is 0.224 e. The molecule has 0 spiro atoms. The van der Waals surface area contributed by atoms with E-state index in [4.69, 9.17) is 0 Å². The molecule has 0 aliphatic heterocycles. The minimum Gasteiger partial charge on any atom is -0.355 e. The number of rotatable bonds is 8. The van der Waals surface area contributed by atoms with Gasteiger partial charge in [-0.05, 0) is 29.6 Å². The summed E-state index contributed by atoms with van der Waals surface area (Å²) in [7, 11) is 2.05. The van der Waals surface area contributed by atoms with Crippen LogP contribution in [-0.2, 0) is 11.2 Å². The van der Waals surface area contributed by atoms with Gasteiger partial charge in [-0.2, -0.15) is 0 Å². The number of amides is 1. The fraction of sp³-hybridized carbons (Fsp3) is 0.217. The van der Waals surface area contributed by atoms with E-state index < -0.39 is 0 Å². The Bertz CT molecular complexity index is 906. The largest absolute Gasteiger partial charge is 0.355 e. The monoisotopic (exact) mass is 359 g/mol. The molecule has 1 amide bonds. The maximum Gasteiger partial charge on any atom is 0.224 e. The van der Waals surface area contributed by atoms with Gasteiger partial charge in [0, 0.05) is 37.4 Å². The molecule has 0 unspecified atom stereocenters. The van der Waals surface area contributed by atoms with Crippen molar-refractivity contribution in [3.8, 4) is 0 Å². The normalized spacial score (nSPS) is 11.3. The van der Waals surface area contributed by atoms with Crippen molar-refractivity contribution in [2.24, 2.45) is 0 Å². The Morgan fingerprint density at radius 3 is 2.81 bits per heavy atom. The highest BCUT2D eigenvalue weighted by molar-refractivity contribution is 5.84. The third-order valence-electron chi connectivity index (χ3n) is 4.41. The Balaban J connectivity index is 1.39. The van der Waals surface area contributed by atoms with E-state index in [1.165, 1.54) is 5.56 Å². The Morgan fingerprint density at radius 2 is 1.96 bits per heavy atom. The number of likely N-dealkylation sites (N-methyl/N-ethyl adjacent to an activating group) is 1. The van der Waals surface area contributed by atoms with Gasteiger partial charge in [-0.15, -0.1) is 0 Å². The topological polar surface area (TPSA) is 45.2 Å². The highest BCUT2D eigenvalue weighted by Crippen LogP contribution is 2.14. The first-order valence-electron chi connectivity index (χ1n) is 9.20. The first kappa shape index (κ1) is 18.8. The summed E-state index contributed by atoms with van der Waals surface area (Å²) >= 11 is 0. The molecular formula is C23H25N3O. The number of carbonyl (C=O) groups excluding carboxylic acids is 1. The van der Waals surface area contributed by atoms with E-state index in [2.05, 4.69) is 52.6 Å². The van der Waals surface area contributed by atoms with Gasteiger partial charge >= 0.3 is 0 Å². The summed E-state index contributed by atoms with van der Waals surface area (Å²) in [5, 5.41) is 5.20. The van der Waals surface area contributed by atoms with Crippen molar-refractivity contribution in [2.45, 2.75) is 6.42 Å². The minimum atomic E-state index is 0.0524. The summed E-state index contributed by atoms with van der Waals surface area (Å²) in [6, 6.07) is 18.3. The fourth-order valence-corrected chi connectivity index (χ4v) is 2.90. The second-order valence-corrected chi connectivity index (χ2v) is 6.66. The summed E-state index contributed by atoms with van der Waals surface area (Å²) in [6.45, 7) is 2.31. The number of nitrogens with one attached hydrogen (secondary N) is 1. The van der Waals surface area contributed by atoms with Crippen LogP contribution in [0.1, 0.15) is 11.1 Å². The molecule has 0 atom stereocenters. The van der Waals surface area contributed by atoms with Crippen molar-refractivity contribution < 1.29 is 4.79 Å². The van der Waals surface area contributed by atoms with Crippen molar-refractivity contribution >= 4 is 22.8 Å². The van der Waals surface area contributed by atoms with Crippen LogP contribution in [0.3, 0.4) is 0 Å². The molecule has 0 aliphatic rings. The molecule has 3 rings (SSSR count). The van der Waals surface area contributed by atoms with Gasteiger partial charge in [0.1, 0.15) is 0 Å². The van der Waals surface area contributed by atoms with Gasteiger partial charge < -0.3 is 10.2 Å². The molecule has 27 heavy (non-hydrogen) atoms. The predicted octanol–water partition coefficient (Wildman–Crippen LogP) is 3.54. The SMILES string of the molecule is CN(C/C=C/c1ccccc1)CCNC(=O)Cc1ccc2cnccc2c1. The zero-order chi connectivity index (χ0) is 18.9. The van der Waals surface area contributed by atoms with E-state index in [0.29, 0.717) is 13.0 Å². The van der Waals surface area contributed by atoms with Gasteiger partial charge in [0.25, 0.3) is 0 Å². The van der Waals surface area contributed by atoms with Crippen molar-refractivity contribution in [3.63, 3.8) is 0 Å². The van der Waals surface area contributed by atoms with Crippen LogP contribution in [0.5, 0.6) is 0 Å². The van der Waals surface area contributed by atoms with Crippen LogP contribution >= 0.6 is 0 Å². The number of aromatic nitrogens is 1. The van der Waals surface area contributed by atoms with E-state index in [1.54, 1.807) is 6.20 Å². The van der Waals surface area contributed by atoms with E-state index in [1.807, 2.05) is 42.6 Å². The summed E-state index contributed by atoms with van der Waals surface area (Å²) in [4.78, 5) is 18.5. The first-order valence-corrected chi connectivity index (χ1v) is 9.20. The van der Waals surface area contributed by atoms with Crippen LogP contribution in [0, 0.1) is 0 Å². The Morgan fingerprint density at radius 1 is 1.11 bits per heavy atom. The number of hydrogen-bond acceptors (Lipinski definition) is 3. The van der Waals surface area contributed by atoms with Crippen molar-refractivity contribution in [1.29, 1.82) is 0 Å². The van der Waals surface area contributed by atoms with Crippen LogP contribution in [0.2, 0.25) is 0 Å². The van der Waals surface area contributed by atoms with Crippen molar-refractivity contribution in [3.05, 3.63) is 84.2 Å². The van der Waals surface area contributed by atoms with Gasteiger partial charge in [0.05, 0.1) is 6.42 Å². The van der Waals surface area contributed by atoms with Gasteiger partial charge in [-0.1, -0.05) is 60.7 Å². The van der Waals surface area contributed by atoms with E-state index in [0.717, 1.165) is 29.4 Å². The van der Waals surface area contributed by atoms with Crippen LogP contribution in [0.4, 0.5) is 0 Å². The molecule has 1 aromatic heterocycles. The molecule has 138 valence electrons. The molecule has 0 aliphatic carbocycles. The number of benzene rings is 2. The standard InChI is InChI=1S/C23H25N3O/c1-26(14-5-8-19-6-3-2-4-7-19)15-13-25-23(27)17-20-9-10-22-18-24-12-11-21(22)16-20/h2-12,16,18H,13-15,17H2,1H3,(H,25,27)/b8-5+. The summed E-state index contributed by atoms with van der Waals surface area (Å²) < 4.78 is 0. The molecule has 0 bridgehead atoms. The summed E-state index contributed by atoms with van der Waals surface area (Å²) in [5.41, 5.74) is 2.22. The molecule has 1 heterocycles. The maximum absolute atomic E-state index is 12.2. The predicted molar refractivity (Wildman–Crippen MR) is 111 cm³/mol. The van der Waals surface area contributed by atoms with Crippen LogP contribution in [-0.4, -0.2) is 42.5 Å². The zero-order valence-corrected chi connectivity index (χ0v) is 15.6. The third-order valence-corrected chi connectivity index (χ3v) is 4.41. The number of pyridine rings is 1. The molecule has 2 aromatic carbocycles. The minimum absolute atomic E-state index is 0.0524. The molecule has 0 fully saturated rings. The van der Waals surface area contributed by atoms with Gasteiger partial charge in [-0.25, -0.2) is 0 Å². The lowest BCUT2D eigenvalue weighted by molar-refractivity contribution is -0.120. The average molecular weight is 359 g/mol. The lowest BCUT2D eigenvalue weighted by Gasteiger charge is -2.14. The van der Waals surface area contributed by atoms with Crippen molar-refractivity contribution in [2.75, 3.05) is 26.7 Å². The van der Waals surface area contributed by atoms with Gasteiger partial charge in [-0.3, -0.25) is 9.78 Å². The average Bonchev–Trinajstić information content (AvgIpc) is 2.69. The fourth-order valence-electron chi connectivity index (χ4n) is 2.90. The summed E-state index contributed by atoms with van der Waals surface area (Å²) in [5.74, 6) is 0.0524. The number of carbonyl (C=O) groups is 1. The molecule has 0 radical (unpaired) electrons. The maximum atomic E-state index is 12.2. The zero-order valence-electron chi connectivity index (χ0n) is 15.6.